The van der Waals surface area contributed by atoms with E-state index in [2.05, 4.69) is 45.1 Å². The third kappa shape index (κ3) is 2.11. The van der Waals surface area contributed by atoms with Gasteiger partial charge in [0.2, 0.25) is 0 Å². The van der Waals surface area contributed by atoms with E-state index in [9.17, 15) is 0 Å². The number of halogens is 1. The van der Waals surface area contributed by atoms with Crippen molar-refractivity contribution in [2.24, 2.45) is 0 Å². The smallest absolute Gasteiger partial charge is 0.0407 e. The van der Waals surface area contributed by atoms with Crippen LogP contribution in [-0.2, 0) is 5.33 Å². The molecule has 1 aromatic carbocycles. The van der Waals surface area contributed by atoms with E-state index in [1.54, 1.807) is 0 Å². The van der Waals surface area contributed by atoms with Crippen molar-refractivity contribution in [2.45, 2.75) is 24.6 Å². The van der Waals surface area contributed by atoms with Crippen LogP contribution in [0.5, 0.6) is 0 Å². The molecule has 1 aliphatic rings. The second-order valence-corrected chi connectivity index (χ2v) is 4.37. The zero-order valence-electron chi connectivity index (χ0n) is 8.38. The molecule has 1 nitrogen and oxygen atoms in total. The van der Waals surface area contributed by atoms with Crippen LogP contribution in [0.25, 0.3) is 0 Å². The Morgan fingerprint density at radius 3 is 2.50 bits per heavy atom. The summed E-state index contributed by atoms with van der Waals surface area (Å²) in [5.74, 6) is 0. The first-order chi connectivity index (χ1) is 6.92. The number of para-hydroxylation sites is 1. The number of alkyl halides is 1. The Kier molecular flexibility index (Phi) is 3.46. The maximum Gasteiger partial charge on any atom is 0.0407 e. The number of hydrogen-bond acceptors (Lipinski definition) is 1. The summed E-state index contributed by atoms with van der Waals surface area (Å²) in [6.07, 6.45) is 4.08. The minimum Gasteiger partial charge on any atom is -0.371 e. The van der Waals surface area contributed by atoms with E-state index in [1.807, 2.05) is 0 Å². The summed E-state index contributed by atoms with van der Waals surface area (Å²) in [6, 6.07) is 8.70. The molecular formula is C12H16BrN. The maximum absolute atomic E-state index is 3.55. The molecule has 14 heavy (non-hydrogen) atoms. The van der Waals surface area contributed by atoms with Gasteiger partial charge in [-0.2, -0.15) is 0 Å². The van der Waals surface area contributed by atoms with Gasteiger partial charge in [0.15, 0.2) is 0 Å². The van der Waals surface area contributed by atoms with Crippen LogP contribution in [0.15, 0.2) is 24.3 Å². The first kappa shape index (κ1) is 10.0. The van der Waals surface area contributed by atoms with Crippen molar-refractivity contribution in [3.63, 3.8) is 0 Å². The van der Waals surface area contributed by atoms with Crippen molar-refractivity contribution in [1.82, 2.24) is 0 Å². The van der Waals surface area contributed by atoms with E-state index in [-0.39, 0.29) is 0 Å². The van der Waals surface area contributed by atoms with E-state index in [1.165, 1.54) is 43.6 Å². The van der Waals surface area contributed by atoms with Gasteiger partial charge in [-0.1, -0.05) is 34.1 Å². The molecule has 0 radical (unpaired) electrons. The SMILES string of the molecule is BrCc1ccccc1N1CCCCC1. The molecule has 0 bridgehead atoms. The van der Waals surface area contributed by atoms with Crippen molar-refractivity contribution in [3.8, 4) is 0 Å². The molecule has 0 saturated carbocycles. The van der Waals surface area contributed by atoms with Crippen LogP contribution in [0.2, 0.25) is 0 Å². The highest BCUT2D eigenvalue weighted by Gasteiger charge is 2.12. The van der Waals surface area contributed by atoms with E-state index in [0.29, 0.717) is 0 Å². The van der Waals surface area contributed by atoms with Crippen LogP contribution < -0.4 is 4.90 Å². The molecule has 0 atom stereocenters. The predicted molar refractivity (Wildman–Crippen MR) is 65.1 cm³/mol. The Morgan fingerprint density at radius 1 is 1.07 bits per heavy atom. The lowest BCUT2D eigenvalue weighted by Crippen LogP contribution is -2.30. The normalized spacial score (nSPS) is 17.1. The average Bonchev–Trinajstić information content (AvgIpc) is 2.30. The summed E-state index contributed by atoms with van der Waals surface area (Å²) in [6.45, 7) is 2.45. The quantitative estimate of drug-likeness (QED) is 0.729. The molecule has 0 aliphatic carbocycles. The van der Waals surface area contributed by atoms with Gasteiger partial charge in [0.1, 0.15) is 0 Å². The molecule has 0 spiro atoms. The summed E-state index contributed by atoms with van der Waals surface area (Å²) in [5.41, 5.74) is 2.83. The van der Waals surface area contributed by atoms with E-state index >= 15 is 0 Å². The Balaban J connectivity index is 2.20. The first-order valence-corrected chi connectivity index (χ1v) is 6.43. The van der Waals surface area contributed by atoms with Gasteiger partial charge in [-0.3, -0.25) is 0 Å². The van der Waals surface area contributed by atoms with Crippen LogP contribution in [0.4, 0.5) is 5.69 Å². The largest absolute Gasteiger partial charge is 0.371 e. The van der Waals surface area contributed by atoms with Crippen molar-refractivity contribution < 1.29 is 0 Å². The maximum atomic E-state index is 3.55. The third-order valence-corrected chi connectivity index (χ3v) is 3.44. The second kappa shape index (κ2) is 4.83. The van der Waals surface area contributed by atoms with Gasteiger partial charge in [-0.25, -0.2) is 0 Å². The third-order valence-electron chi connectivity index (χ3n) is 2.83. The van der Waals surface area contributed by atoms with Crippen molar-refractivity contribution in [1.29, 1.82) is 0 Å². The predicted octanol–water partition coefficient (Wildman–Crippen LogP) is 3.57. The lowest BCUT2D eigenvalue weighted by atomic mass is 10.1. The van der Waals surface area contributed by atoms with Gasteiger partial charge in [0.05, 0.1) is 0 Å². The fraction of sp³-hybridized carbons (Fsp3) is 0.500. The Labute approximate surface area is 94.2 Å². The molecule has 1 heterocycles. The highest BCUT2D eigenvalue weighted by Crippen LogP contribution is 2.25. The highest BCUT2D eigenvalue weighted by atomic mass is 79.9. The number of anilines is 1. The molecule has 76 valence electrons. The molecule has 1 saturated heterocycles. The van der Waals surface area contributed by atoms with Gasteiger partial charge < -0.3 is 4.90 Å². The number of rotatable bonds is 2. The van der Waals surface area contributed by atoms with E-state index in [4.69, 9.17) is 0 Å². The number of benzene rings is 1. The van der Waals surface area contributed by atoms with Crippen LogP contribution in [0, 0.1) is 0 Å². The summed E-state index contributed by atoms with van der Waals surface area (Å²) in [7, 11) is 0. The molecular weight excluding hydrogens is 238 g/mol. The minimum absolute atomic E-state index is 0.958. The van der Waals surface area contributed by atoms with E-state index < -0.39 is 0 Å². The Bertz CT molecular complexity index is 292. The molecule has 0 aromatic heterocycles. The highest BCUT2D eigenvalue weighted by molar-refractivity contribution is 9.08. The second-order valence-electron chi connectivity index (χ2n) is 3.81. The van der Waals surface area contributed by atoms with Gasteiger partial charge in [0, 0.05) is 24.1 Å². The molecule has 1 aliphatic heterocycles. The minimum atomic E-state index is 0.958. The molecule has 0 N–H and O–H groups in total. The first-order valence-electron chi connectivity index (χ1n) is 5.30. The van der Waals surface area contributed by atoms with Crippen molar-refractivity contribution in [2.75, 3.05) is 18.0 Å². The molecule has 2 heteroatoms. The fourth-order valence-electron chi connectivity index (χ4n) is 2.07. The average molecular weight is 254 g/mol. The van der Waals surface area contributed by atoms with Gasteiger partial charge in [0.25, 0.3) is 0 Å². The topological polar surface area (TPSA) is 3.24 Å². The van der Waals surface area contributed by atoms with Gasteiger partial charge in [-0.15, -0.1) is 0 Å². The zero-order valence-corrected chi connectivity index (χ0v) is 9.96. The molecule has 2 rings (SSSR count). The standard InChI is InChI=1S/C12H16BrN/c13-10-11-6-2-3-7-12(11)14-8-4-1-5-9-14/h2-3,6-7H,1,4-5,8-10H2. The zero-order chi connectivity index (χ0) is 9.80. The molecule has 0 amide bonds. The summed E-state index contributed by atoms with van der Waals surface area (Å²) >= 11 is 3.55. The van der Waals surface area contributed by atoms with Crippen molar-refractivity contribution >= 4 is 21.6 Å². The lowest BCUT2D eigenvalue weighted by Gasteiger charge is -2.30. The van der Waals surface area contributed by atoms with Crippen LogP contribution in [0.3, 0.4) is 0 Å². The number of hydrogen-bond donors (Lipinski definition) is 0. The van der Waals surface area contributed by atoms with E-state index in [0.717, 1.165) is 5.33 Å². The van der Waals surface area contributed by atoms with Crippen molar-refractivity contribution in [3.05, 3.63) is 29.8 Å². The molecule has 1 fully saturated rings. The number of nitrogens with zero attached hydrogens (tertiary/aromatic N) is 1. The molecule has 0 unspecified atom stereocenters. The fourth-order valence-corrected chi connectivity index (χ4v) is 2.54. The summed E-state index contributed by atoms with van der Waals surface area (Å²) in [4.78, 5) is 2.51. The summed E-state index contributed by atoms with van der Waals surface area (Å²) in [5, 5.41) is 0.958. The molecule has 1 aromatic rings. The monoisotopic (exact) mass is 253 g/mol. The summed E-state index contributed by atoms with van der Waals surface area (Å²) < 4.78 is 0. The lowest BCUT2D eigenvalue weighted by molar-refractivity contribution is 0.577. The Morgan fingerprint density at radius 2 is 1.79 bits per heavy atom. The Hall–Kier alpha value is -0.500. The van der Waals surface area contributed by atoms with Crippen LogP contribution in [0.1, 0.15) is 24.8 Å². The number of piperidine rings is 1. The van der Waals surface area contributed by atoms with Crippen LogP contribution >= 0.6 is 15.9 Å². The van der Waals surface area contributed by atoms with Gasteiger partial charge in [-0.05, 0) is 30.9 Å². The van der Waals surface area contributed by atoms with Crippen LogP contribution in [-0.4, -0.2) is 13.1 Å². The van der Waals surface area contributed by atoms with Gasteiger partial charge >= 0.3 is 0 Å².